The second-order valence-corrected chi connectivity index (χ2v) is 8.09. The number of nitrogens with one attached hydrogen (secondary N) is 1. The van der Waals surface area contributed by atoms with Gasteiger partial charge in [0, 0.05) is 37.7 Å². The van der Waals surface area contributed by atoms with E-state index in [0.29, 0.717) is 35.8 Å². The number of hydrogen-bond acceptors (Lipinski definition) is 5. The number of halogens is 1. The largest absolute Gasteiger partial charge is 0.496 e. The van der Waals surface area contributed by atoms with Crippen LogP contribution >= 0.6 is 0 Å². The predicted octanol–water partition coefficient (Wildman–Crippen LogP) is 4.00. The third-order valence-corrected chi connectivity index (χ3v) is 5.58. The van der Waals surface area contributed by atoms with Gasteiger partial charge in [-0.1, -0.05) is 42.5 Å². The topological polar surface area (TPSA) is 77.1 Å². The Morgan fingerprint density at radius 3 is 2.08 bits per heavy atom. The Hall–Kier alpha value is -4.07. The Kier molecular flexibility index (Phi) is 9.68. The van der Waals surface area contributed by atoms with Gasteiger partial charge in [0.2, 0.25) is 5.91 Å². The van der Waals surface area contributed by atoms with Crippen molar-refractivity contribution in [3.63, 3.8) is 0 Å². The van der Waals surface area contributed by atoms with Crippen molar-refractivity contribution in [1.29, 1.82) is 0 Å². The second-order valence-electron chi connectivity index (χ2n) is 8.09. The van der Waals surface area contributed by atoms with Crippen LogP contribution in [0.3, 0.4) is 0 Å². The van der Waals surface area contributed by atoms with Gasteiger partial charge < -0.3 is 24.4 Å². The highest BCUT2D eigenvalue weighted by atomic mass is 19.1. The van der Waals surface area contributed by atoms with Crippen molar-refractivity contribution in [2.24, 2.45) is 0 Å². The molecule has 3 aromatic rings. The zero-order valence-electron chi connectivity index (χ0n) is 20.7. The first-order chi connectivity index (χ1) is 17.4. The normalized spacial score (nSPS) is 11.3. The molecule has 0 radical (unpaired) electrons. The van der Waals surface area contributed by atoms with Crippen LogP contribution in [0.2, 0.25) is 0 Å². The summed E-state index contributed by atoms with van der Waals surface area (Å²) >= 11 is 0. The van der Waals surface area contributed by atoms with Gasteiger partial charge in [-0.25, -0.2) is 4.39 Å². The maximum Gasteiger partial charge on any atom is 0.261 e. The summed E-state index contributed by atoms with van der Waals surface area (Å²) in [6, 6.07) is 19.5. The lowest BCUT2D eigenvalue weighted by atomic mass is 10.0. The molecule has 3 aromatic carbocycles. The standard InChI is InChI=1S/C28H31FN2O5/c1-4-30-28(33)26(14-20-8-6-5-7-9-20)31(18-21-10-12-22(29)13-11-21)27(32)19-36-25-16-23(34-2)15-24(17-25)35-3/h5-13,15-17,26H,4,14,18-19H2,1-3H3,(H,30,33)/t26-/m1/s1. The first-order valence-corrected chi connectivity index (χ1v) is 11.6. The number of hydrogen-bond donors (Lipinski definition) is 1. The first-order valence-electron chi connectivity index (χ1n) is 11.6. The number of carbonyl (C=O) groups excluding carboxylic acids is 2. The van der Waals surface area contributed by atoms with E-state index in [1.165, 1.54) is 31.3 Å². The van der Waals surface area contributed by atoms with E-state index in [1.807, 2.05) is 37.3 Å². The van der Waals surface area contributed by atoms with Crippen molar-refractivity contribution < 1.29 is 28.2 Å². The minimum Gasteiger partial charge on any atom is -0.496 e. The van der Waals surface area contributed by atoms with Crippen LogP contribution < -0.4 is 19.5 Å². The molecule has 190 valence electrons. The van der Waals surface area contributed by atoms with Crippen molar-refractivity contribution >= 4 is 11.8 Å². The van der Waals surface area contributed by atoms with E-state index in [1.54, 1.807) is 30.3 Å². The Balaban J connectivity index is 1.89. The summed E-state index contributed by atoms with van der Waals surface area (Å²) in [6.07, 6.45) is 0.312. The van der Waals surface area contributed by atoms with Gasteiger partial charge in [-0.3, -0.25) is 9.59 Å². The summed E-state index contributed by atoms with van der Waals surface area (Å²) < 4.78 is 29.8. The smallest absolute Gasteiger partial charge is 0.261 e. The minimum absolute atomic E-state index is 0.110. The molecule has 7 nitrogen and oxygen atoms in total. The van der Waals surface area contributed by atoms with E-state index in [9.17, 15) is 14.0 Å². The maximum atomic E-state index is 13.5. The number of methoxy groups -OCH3 is 2. The molecule has 0 saturated carbocycles. The van der Waals surface area contributed by atoms with Crippen molar-refractivity contribution in [3.8, 4) is 17.2 Å². The number of ether oxygens (including phenoxy) is 3. The fraction of sp³-hybridized carbons (Fsp3) is 0.286. The Bertz CT molecular complexity index is 1120. The molecule has 0 saturated heterocycles. The second kappa shape index (κ2) is 13.1. The molecule has 0 heterocycles. The lowest BCUT2D eigenvalue weighted by Crippen LogP contribution is -2.51. The van der Waals surface area contributed by atoms with E-state index < -0.39 is 11.9 Å². The molecule has 1 atom stereocenters. The zero-order chi connectivity index (χ0) is 25.9. The highest BCUT2D eigenvalue weighted by molar-refractivity contribution is 5.88. The van der Waals surface area contributed by atoms with E-state index >= 15 is 0 Å². The summed E-state index contributed by atoms with van der Waals surface area (Å²) in [5.74, 6) is 0.372. The summed E-state index contributed by atoms with van der Waals surface area (Å²) in [5, 5.41) is 2.83. The molecule has 0 unspecified atom stereocenters. The van der Waals surface area contributed by atoms with Crippen LogP contribution in [0.1, 0.15) is 18.1 Å². The zero-order valence-corrected chi connectivity index (χ0v) is 20.7. The van der Waals surface area contributed by atoms with Gasteiger partial charge in [-0.15, -0.1) is 0 Å². The summed E-state index contributed by atoms with van der Waals surface area (Å²) in [5.41, 5.74) is 1.60. The lowest BCUT2D eigenvalue weighted by molar-refractivity contribution is -0.142. The number of amides is 2. The van der Waals surface area contributed by atoms with Gasteiger partial charge in [0.05, 0.1) is 14.2 Å². The molecule has 0 aromatic heterocycles. The van der Waals surface area contributed by atoms with Crippen LogP contribution in [0.15, 0.2) is 72.8 Å². The van der Waals surface area contributed by atoms with Crippen molar-refractivity contribution in [2.45, 2.75) is 25.9 Å². The third-order valence-electron chi connectivity index (χ3n) is 5.58. The van der Waals surface area contributed by atoms with E-state index in [0.717, 1.165) is 5.56 Å². The average molecular weight is 495 g/mol. The molecule has 0 bridgehead atoms. The molecule has 1 N–H and O–H groups in total. The molecule has 0 fully saturated rings. The Morgan fingerprint density at radius 2 is 1.50 bits per heavy atom. The Morgan fingerprint density at radius 1 is 0.889 bits per heavy atom. The van der Waals surface area contributed by atoms with Crippen molar-refractivity contribution in [3.05, 3.63) is 89.7 Å². The molecule has 0 spiro atoms. The first kappa shape index (κ1) is 26.5. The molecule has 3 rings (SSSR count). The highest BCUT2D eigenvalue weighted by Crippen LogP contribution is 2.27. The van der Waals surface area contributed by atoms with Crippen molar-refractivity contribution in [1.82, 2.24) is 10.2 Å². The van der Waals surface area contributed by atoms with E-state index in [4.69, 9.17) is 14.2 Å². The number of benzene rings is 3. The number of nitrogens with zero attached hydrogens (tertiary/aromatic N) is 1. The van der Waals surface area contributed by atoms with Gasteiger partial charge in [-0.05, 0) is 30.2 Å². The summed E-state index contributed by atoms with van der Waals surface area (Å²) in [7, 11) is 3.04. The molecule has 8 heteroatoms. The van der Waals surface area contributed by atoms with Crippen LogP contribution in [0.4, 0.5) is 4.39 Å². The van der Waals surface area contributed by atoms with Gasteiger partial charge in [0.1, 0.15) is 29.1 Å². The third kappa shape index (κ3) is 7.46. The average Bonchev–Trinajstić information content (AvgIpc) is 2.90. The van der Waals surface area contributed by atoms with Crippen LogP contribution in [0.25, 0.3) is 0 Å². The van der Waals surface area contributed by atoms with Gasteiger partial charge >= 0.3 is 0 Å². The fourth-order valence-corrected chi connectivity index (χ4v) is 3.73. The summed E-state index contributed by atoms with van der Waals surface area (Å²) in [4.78, 5) is 28.1. The van der Waals surface area contributed by atoms with Crippen LogP contribution in [-0.4, -0.2) is 50.1 Å². The monoisotopic (exact) mass is 494 g/mol. The number of likely N-dealkylation sites (N-methyl/N-ethyl adjacent to an activating group) is 1. The summed E-state index contributed by atoms with van der Waals surface area (Å²) in [6.45, 7) is 2.03. The predicted molar refractivity (Wildman–Crippen MR) is 135 cm³/mol. The van der Waals surface area contributed by atoms with Gasteiger partial charge in [-0.2, -0.15) is 0 Å². The minimum atomic E-state index is -0.798. The number of carbonyl (C=O) groups is 2. The van der Waals surface area contributed by atoms with E-state index in [2.05, 4.69) is 5.32 Å². The highest BCUT2D eigenvalue weighted by Gasteiger charge is 2.30. The van der Waals surface area contributed by atoms with Crippen LogP contribution in [0.5, 0.6) is 17.2 Å². The SMILES string of the molecule is CCNC(=O)[C@@H](Cc1ccccc1)N(Cc1ccc(F)cc1)C(=O)COc1cc(OC)cc(OC)c1. The molecule has 2 amide bonds. The van der Waals surface area contributed by atoms with Crippen LogP contribution in [0, 0.1) is 5.82 Å². The molecule has 0 aliphatic heterocycles. The molecule has 0 aliphatic carbocycles. The molecular weight excluding hydrogens is 463 g/mol. The van der Waals surface area contributed by atoms with Crippen molar-refractivity contribution in [2.75, 3.05) is 27.4 Å². The maximum absolute atomic E-state index is 13.5. The van der Waals surface area contributed by atoms with Crippen LogP contribution in [-0.2, 0) is 22.6 Å². The van der Waals surface area contributed by atoms with Gasteiger partial charge in [0.25, 0.3) is 5.91 Å². The fourth-order valence-electron chi connectivity index (χ4n) is 3.73. The van der Waals surface area contributed by atoms with Gasteiger partial charge in [0.15, 0.2) is 6.61 Å². The quantitative estimate of drug-likeness (QED) is 0.412. The van der Waals surface area contributed by atoms with E-state index in [-0.39, 0.29) is 24.9 Å². The molecular formula is C28H31FN2O5. The molecule has 0 aliphatic rings. The Labute approximate surface area is 210 Å². The molecule has 36 heavy (non-hydrogen) atoms. The number of rotatable bonds is 12. The lowest BCUT2D eigenvalue weighted by Gasteiger charge is -2.31.